The summed E-state index contributed by atoms with van der Waals surface area (Å²) in [6, 6.07) is 8.15. The number of anilines is 1. The lowest BCUT2D eigenvalue weighted by atomic mass is 9.86. The maximum Gasteiger partial charge on any atom is 0.435 e. The van der Waals surface area contributed by atoms with Crippen LogP contribution in [0.5, 0.6) is 0 Å². The maximum atomic E-state index is 14.4. The van der Waals surface area contributed by atoms with Crippen molar-refractivity contribution in [1.29, 1.82) is 0 Å². The number of aryl methyl sites for hydroxylation is 1. The van der Waals surface area contributed by atoms with Crippen LogP contribution >= 0.6 is 45.8 Å². The molecule has 212 valence electrons. The number of nitrogens with one attached hydrogen (secondary N) is 1. The molecule has 0 spiro atoms. The van der Waals surface area contributed by atoms with Crippen LogP contribution in [0.3, 0.4) is 0 Å². The summed E-state index contributed by atoms with van der Waals surface area (Å²) in [4.78, 5) is 30.6. The third kappa shape index (κ3) is 7.47. The molecule has 1 unspecified atom stereocenters. The summed E-state index contributed by atoms with van der Waals surface area (Å²) < 4.78 is 49.2. The van der Waals surface area contributed by atoms with Gasteiger partial charge in [0, 0.05) is 33.4 Å². The second-order valence-corrected chi connectivity index (χ2v) is 11.4. The van der Waals surface area contributed by atoms with Gasteiger partial charge in [0.15, 0.2) is 5.72 Å². The molecule has 0 bridgehead atoms. The minimum absolute atomic E-state index is 0.00628. The second-order valence-electron chi connectivity index (χ2n) is 9.45. The van der Waals surface area contributed by atoms with Gasteiger partial charge in [-0.05, 0) is 57.0 Å². The van der Waals surface area contributed by atoms with Crippen molar-refractivity contribution in [3.8, 4) is 0 Å². The first kappa shape index (κ1) is 31.2. The van der Waals surface area contributed by atoms with Crippen LogP contribution in [0.25, 0.3) is 0 Å². The van der Waals surface area contributed by atoms with Crippen molar-refractivity contribution < 1.29 is 32.3 Å². The zero-order valence-electron chi connectivity index (χ0n) is 21.2. The molecule has 1 atom stereocenters. The Morgan fingerprint density at radius 1 is 1.23 bits per heavy atom. The zero-order valence-corrected chi connectivity index (χ0v) is 24.8. The number of nitrogens with two attached hydrogens (primary N) is 1. The molecule has 2 aromatic carbocycles. The van der Waals surface area contributed by atoms with Crippen molar-refractivity contribution in [3.05, 3.63) is 63.1 Å². The summed E-state index contributed by atoms with van der Waals surface area (Å²) in [5.74, 6) is -0.506. The lowest BCUT2D eigenvalue weighted by Gasteiger charge is -2.30. The lowest BCUT2D eigenvalue weighted by molar-refractivity contribution is -0.275. The second kappa shape index (κ2) is 12.1. The number of hydrazine groups is 1. The third-order valence-electron chi connectivity index (χ3n) is 5.52. The summed E-state index contributed by atoms with van der Waals surface area (Å²) in [6.07, 6.45) is -5.93. The summed E-state index contributed by atoms with van der Waals surface area (Å²) in [7, 11) is 0. The fourth-order valence-electron chi connectivity index (χ4n) is 3.77. The molecule has 1 aliphatic rings. The molecular weight excluding hydrogens is 675 g/mol. The van der Waals surface area contributed by atoms with Gasteiger partial charge in [-0.2, -0.15) is 18.2 Å². The highest BCUT2D eigenvalue weighted by Crippen LogP contribution is 2.49. The number of halogens is 6. The van der Waals surface area contributed by atoms with Crippen LogP contribution in [-0.4, -0.2) is 34.0 Å². The quantitative estimate of drug-likeness (QED) is 0.144. The Morgan fingerprint density at radius 3 is 2.51 bits per heavy atom. The van der Waals surface area contributed by atoms with E-state index < -0.39 is 35.9 Å². The molecule has 0 saturated carbocycles. The molecule has 14 heteroatoms. The fourth-order valence-corrected chi connectivity index (χ4v) is 4.65. The normalized spacial score (nSPS) is 17.3. The smallest absolute Gasteiger partial charge is 0.427 e. The average Bonchev–Trinajstić information content (AvgIpc) is 3.27. The van der Waals surface area contributed by atoms with Crippen molar-refractivity contribution in [2.75, 3.05) is 9.44 Å². The number of hydrogen-bond donors (Lipinski definition) is 2. The Morgan fingerprint density at radius 2 is 1.92 bits per heavy atom. The van der Waals surface area contributed by atoms with Crippen LogP contribution in [-0.2, 0) is 20.0 Å². The van der Waals surface area contributed by atoms with Crippen molar-refractivity contribution in [2.24, 2.45) is 10.9 Å². The van der Waals surface area contributed by atoms with E-state index >= 15 is 0 Å². The minimum atomic E-state index is -4.85. The highest BCUT2D eigenvalue weighted by molar-refractivity contribution is 14.1. The number of carbonyl (C=O) groups is 2. The van der Waals surface area contributed by atoms with E-state index in [1.807, 2.05) is 0 Å². The van der Waals surface area contributed by atoms with Crippen molar-refractivity contribution in [3.63, 3.8) is 0 Å². The summed E-state index contributed by atoms with van der Waals surface area (Å²) >= 11 is 14.5. The van der Waals surface area contributed by atoms with E-state index in [9.17, 15) is 22.8 Å². The average molecular weight is 701 g/mol. The van der Waals surface area contributed by atoms with Crippen LogP contribution in [0, 0.1) is 6.92 Å². The molecule has 0 saturated heterocycles. The van der Waals surface area contributed by atoms with E-state index in [-0.39, 0.29) is 39.0 Å². The molecule has 0 fully saturated rings. The number of alkyl halides is 4. The number of carbonyl (C=O) groups excluding carboxylic acids is 2. The molecule has 0 aliphatic carbocycles. The summed E-state index contributed by atoms with van der Waals surface area (Å²) in [6.45, 7) is 4.47. The van der Waals surface area contributed by atoms with Gasteiger partial charge in [-0.1, -0.05) is 63.1 Å². The SMILES string of the molecule is Cc1cc(Cl)cc(C2(C(F)(F)F)CC(c3ccc(Cl)c(N(NC(=O)CCCI)C(=O)OC(C)(C)N)c3)=NO2)c1. The van der Waals surface area contributed by atoms with E-state index in [0.717, 1.165) is 5.01 Å². The molecule has 2 amide bonds. The van der Waals surface area contributed by atoms with Gasteiger partial charge in [-0.15, -0.1) is 0 Å². The van der Waals surface area contributed by atoms with Crippen LogP contribution < -0.4 is 16.2 Å². The van der Waals surface area contributed by atoms with Crippen molar-refractivity contribution in [2.45, 2.75) is 57.5 Å². The van der Waals surface area contributed by atoms with Gasteiger partial charge >= 0.3 is 12.3 Å². The Balaban J connectivity index is 2.01. The minimum Gasteiger partial charge on any atom is -0.427 e. The largest absolute Gasteiger partial charge is 0.435 e. The van der Waals surface area contributed by atoms with E-state index in [1.54, 1.807) is 6.92 Å². The monoisotopic (exact) mass is 700 g/mol. The van der Waals surface area contributed by atoms with Crippen molar-refractivity contribution >= 4 is 69.2 Å². The first-order valence-electron chi connectivity index (χ1n) is 11.6. The van der Waals surface area contributed by atoms with Gasteiger partial charge in [-0.25, -0.2) is 4.79 Å². The first-order chi connectivity index (χ1) is 18.1. The highest BCUT2D eigenvalue weighted by Gasteiger charge is 2.62. The van der Waals surface area contributed by atoms with Gasteiger partial charge in [-0.3, -0.25) is 16.0 Å². The molecule has 0 aromatic heterocycles. The number of oxime groups is 1. The summed E-state index contributed by atoms with van der Waals surface area (Å²) in [5, 5.41) is 4.66. The number of hydrogen-bond acceptors (Lipinski definition) is 6. The molecule has 0 radical (unpaired) electrons. The predicted molar refractivity (Wildman–Crippen MR) is 151 cm³/mol. The van der Waals surface area contributed by atoms with Gasteiger partial charge < -0.3 is 9.57 Å². The van der Waals surface area contributed by atoms with Gasteiger partial charge in [0.2, 0.25) is 5.91 Å². The van der Waals surface area contributed by atoms with E-state index in [1.165, 1.54) is 50.2 Å². The standard InChI is InChI=1S/C25H26Cl2F3IN4O4/c1-14-9-16(12-17(26)10-14)24(25(28,29)30)13-19(34-39-24)15-6-7-18(27)20(11-15)35(22(37)38-23(2,3)32)33-21(36)5-4-8-31/h6-7,9-12H,4-5,8,13,32H2,1-3H3,(H,33,36). The molecule has 39 heavy (non-hydrogen) atoms. The number of benzene rings is 2. The Hall–Kier alpha value is -2.29. The first-order valence-corrected chi connectivity index (χ1v) is 13.9. The Labute approximate surface area is 247 Å². The molecule has 1 aliphatic heterocycles. The van der Waals surface area contributed by atoms with Crippen molar-refractivity contribution in [1.82, 2.24) is 5.43 Å². The number of amides is 2. The van der Waals surface area contributed by atoms with E-state index in [0.29, 0.717) is 16.4 Å². The van der Waals surface area contributed by atoms with Gasteiger partial charge in [0.05, 0.1) is 16.4 Å². The zero-order chi connectivity index (χ0) is 29.2. The van der Waals surface area contributed by atoms with Gasteiger partial charge in [0.25, 0.3) is 5.60 Å². The molecule has 3 N–H and O–H groups in total. The highest BCUT2D eigenvalue weighted by atomic mass is 127. The van der Waals surface area contributed by atoms with E-state index in [4.69, 9.17) is 38.5 Å². The molecule has 3 rings (SSSR count). The summed E-state index contributed by atoms with van der Waals surface area (Å²) in [5.41, 5.74) is 4.42. The van der Waals surface area contributed by atoms with Crippen LogP contribution in [0.4, 0.5) is 23.7 Å². The lowest BCUT2D eigenvalue weighted by Crippen LogP contribution is -2.51. The topological polar surface area (TPSA) is 106 Å². The Bertz CT molecular complexity index is 1270. The van der Waals surface area contributed by atoms with Crippen LogP contribution in [0.1, 0.15) is 49.8 Å². The molecule has 8 nitrogen and oxygen atoms in total. The predicted octanol–water partition coefficient (Wildman–Crippen LogP) is 6.77. The maximum absolute atomic E-state index is 14.4. The van der Waals surface area contributed by atoms with E-state index in [2.05, 4.69) is 33.2 Å². The number of nitrogens with zero attached hydrogens (tertiary/aromatic N) is 2. The molecule has 1 heterocycles. The fraction of sp³-hybridized carbons (Fsp3) is 0.400. The van der Waals surface area contributed by atoms with Gasteiger partial charge in [0.1, 0.15) is 0 Å². The Kier molecular flexibility index (Phi) is 9.67. The molecule has 2 aromatic rings. The third-order valence-corrected chi connectivity index (χ3v) is 6.82. The number of rotatable bonds is 7. The van der Waals surface area contributed by atoms with Crippen LogP contribution in [0.15, 0.2) is 41.6 Å². The molecular formula is C25H26Cl2F3IN4O4. The van der Waals surface area contributed by atoms with Crippen LogP contribution in [0.2, 0.25) is 10.0 Å². The number of ether oxygens (including phenoxy) is 1.